The molecule has 0 saturated carbocycles. The lowest BCUT2D eigenvalue weighted by Crippen LogP contribution is -2.20. The maximum absolute atomic E-state index is 12.9. The first-order chi connectivity index (χ1) is 7.45. The van der Waals surface area contributed by atoms with E-state index in [0.29, 0.717) is 12.8 Å². The van der Waals surface area contributed by atoms with Crippen LogP contribution in [0.15, 0.2) is 6.20 Å². The van der Waals surface area contributed by atoms with E-state index < -0.39 is 11.9 Å². The van der Waals surface area contributed by atoms with Crippen LogP contribution in [0.4, 0.5) is 13.2 Å². The fourth-order valence-corrected chi connectivity index (χ4v) is 2.13. The van der Waals surface area contributed by atoms with E-state index in [0.717, 1.165) is 4.68 Å². The molecule has 0 aromatic carbocycles. The number of nitrogens with zero attached hydrogens (tertiary/aromatic N) is 2. The van der Waals surface area contributed by atoms with Gasteiger partial charge in [-0.2, -0.15) is 18.3 Å². The minimum atomic E-state index is -4.35. The lowest BCUT2D eigenvalue weighted by molar-refractivity contribution is -0.145. The van der Waals surface area contributed by atoms with Gasteiger partial charge in [0.1, 0.15) is 5.69 Å². The van der Waals surface area contributed by atoms with Crippen LogP contribution in [0.2, 0.25) is 0 Å². The Kier molecular flexibility index (Phi) is 4.41. The van der Waals surface area contributed by atoms with Gasteiger partial charge in [0.25, 0.3) is 0 Å². The van der Waals surface area contributed by atoms with Gasteiger partial charge in [0, 0.05) is 10.9 Å². The van der Waals surface area contributed by atoms with Gasteiger partial charge in [-0.3, -0.25) is 4.68 Å². The molecule has 0 N–H and O–H groups in total. The summed E-state index contributed by atoms with van der Waals surface area (Å²) in [6.07, 6.45) is -1.77. The minimum Gasteiger partial charge on any atom is -0.257 e. The Bertz CT molecular complexity index is 342. The van der Waals surface area contributed by atoms with Crippen LogP contribution in [0, 0.1) is 0 Å². The first kappa shape index (κ1) is 13.5. The largest absolute Gasteiger partial charge is 0.433 e. The summed E-state index contributed by atoms with van der Waals surface area (Å²) in [7, 11) is 0. The van der Waals surface area contributed by atoms with Crippen molar-refractivity contribution in [1.82, 2.24) is 9.78 Å². The van der Waals surface area contributed by atoms with E-state index in [-0.39, 0.29) is 16.9 Å². The van der Waals surface area contributed by atoms with Crippen LogP contribution < -0.4 is 0 Å². The van der Waals surface area contributed by atoms with E-state index in [2.05, 4.69) is 21.0 Å². The van der Waals surface area contributed by atoms with Crippen molar-refractivity contribution in [2.24, 2.45) is 0 Å². The summed E-state index contributed by atoms with van der Waals surface area (Å²) in [6, 6.07) is -0.190. The van der Waals surface area contributed by atoms with Gasteiger partial charge in [-0.15, -0.1) is 0 Å². The summed E-state index contributed by atoms with van der Waals surface area (Å²) in [5.74, 6) is 0. The van der Waals surface area contributed by atoms with Crippen LogP contribution in [-0.4, -0.2) is 9.78 Å². The molecule has 0 amide bonds. The molecule has 0 saturated heterocycles. The van der Waals surface area contributed by atoms with Crippen LogP contribution in [0.3, 0.4) is 0 Å². The van der Waals surface area contributed by atoms with Gasteiger partial charge in [0.2, 0.25) is 0 Å². The van der Waals surface area contributed by atoms with Gasteiger partial charge in [-0.1, -0.05) is 29.8 Å². The van der Waals surface area contributed by atoms with Crippen molar-refractivity contribution in [3.63, 3.8) is 0 Å². The second-order valence-electron chi connectivity index (χ2n) is 3.56. The lowest BCUT2D eigenvalue weighted by atomic mass is 10.1. The van der Waals surface area contributed by atoms with Gasteiger partial charge >= 0.3 is 6.18 Å². The predicted octanol–water partition coefficient (Wildman–Crippen LogP) is 4.16. The van der Waals surface area contributed by atoms with Gasteiger partial charge in [0.15, 0.2) is 0 Å². The molecule has 6 heteroatoms. The minimum absolute atomic E-state index is 0.169. The Balaban J connectivity index is 3.24. The van der Waals surface area contributed by atoms with Crippen LogP contribution >= 0.6 is 15.9 Å². The fourth-order valence-electron chi connectivity index (χ4n) is 1.72. The third kappa shape index (κ3) is 2.59. The summed E-state index contributed by atoms with van der Waals surface area (Å²) in [5, 5.41) is 4.03. The van der Waals surface area contributed by atoms with E-state index in [1.54, 1.807) is 0 Å². The third-order valence-corrected chi connectivity index (χ3v) is 3.18. The number of aromatic nitrogens is 2. The molecular formula is C10H14BrF3N2. The summed E-state index contributed by atoms with van der Waals surface area (Å²) in [4.78, 5) is 0. The van der Waals surface area contributed by atoms with Crippen molar-refractivity contribution in [3.05, 3.63) is 17.5 Å². The number of halogens is 4. The van der Waals surface area contributed by atoms with Crippen molar-refractivity contribution >= 4 is 15.9 Å². The monoisotopic (exact) mass is 298 g/mol. The third-order valence-electron chi connectivity index (χ3n) is 2.57. The van der Waals surface area contributed by atoms with Gasteiger partial charge in [-0.25, -0.2) is 0 Å². The smallest absolute Gasteiger partial charge is 0.257 e. The van der Waals surface area contributed by atoms with E-state index >= 15 is 0 Å². The summed E-state index contributed by atoms with van der Waals surface area (Å²) < 4.78 is 39.7. The van der Waals surface area contributed by atoms with E-state index in [9.17, 15) is 13.2 Å². The van der Waals surface area contributed by atoms with Crippen molar-refractivity contribution in [1.29, 1.82) is 0 Å². The Morgan fingerprint density at radius 1 is 1.38 bits per heavy atom. The number of hydrogen-bond donors (Lipinski definition) is 0. The highest BCUT2D eigenvalue weighted by Gasteiger charge is 2.38. The standard InChI is InChI=1S/C10H14BrF3N2/c1-3-8(4-2)16-9(10(12,13)14)7(5-11)6-15-16/h6,8H,3-5H2,1-2H3. The molecule has 2 nitrogen and oxygen atoms in total. The number of hydrogen-bond acceptors (Lipinski definition) is 1. The molecule has 0 aliphatic rings. The summed E-state index contributed by atoms with van der Waals surface area (Å²) >= 11 is 3.05. The molecule has 0 aliphatic carbocycles. The summed E-state index contributed by atoms with van der Waals surface area (Å²) in [6.45, 7) is 3.73. The Morgan fingerprint density at radius 2 is 1.94 bits per heavy atom. The Labute approximate surface area is 101 Å². The molecular weight excluding hydrogens is 285 g/mol. The quantitative estimate of drug-likeness (QED) is 0.763. The van der Waals surface area contributed by atoms with Crippen LogP contribution in [-0.2, 0) is 11.5 Å². The molecule has 0 fully saturated rings. The van der Waals surface area contributed by atoms with Crippen molar-refractivity contribution in [2.75, 3.05) is 0 Å². The first-order valence-corrected chi connectivity index (χ1v) is 6.27. The summed E-state index contributed by atoms with van der Waals surface area (Å²) in [5.41, 5.74) is -0.433. The van der Waals surface area contributed by atoms with Crippen molar-refractivity contribution in [2.45, 2.75) is 44.2 Å². The maximum atomic E-state index is 12.9. The number of rotatable bonds is 4. The second kappa shape index (κ2) is 5.21. The zero-order chi connectivity index (χ0) is 12.3. The molecule has 1 heterocycles. The SMILES string of the molecule is CCC(CC)n1ncc(CBr)c1C(F)(F)F. The number of alkyl halides is 4. The zero-order valence-corrected chi connectivity index (χ0v) is 10.8. The van der Waals surface area contributed by atoms with E-state index in [1.807, 2.05) is 13.8 Å². The molecule has 1 rings (SSSR count). The first-order valence-electron chi connectivity index (χ1n) is 5.15. The normalized spacial score (nSPS) is 12.4. The molecule has 0 aliphatic heterocycles. The maximum Gasteiger partial charge on any atom is 0.433 e. The van der Waals surface area contributed by atoms with Crippen LogP contribution in [0.5, 0.6) is 0 Å². The molecule has 0 bridgehead atoms. The topological polar surface area (TPSA) is 17.8 Å². The predicted molar refractivity (Wildman–Crippen MR) is 59.5 cm³/mol. The van der Waals surface area contributed by atoms with Crippen LogP contribution in [0.25, 0.3) is 0 Å². The molecule has 0 unspecified atom stereocenters. The fraction of sp³-hybridized carbons (Fsp3) is 0.700. The molecule has 92 valence electrons. The lowest BCUT2D eigenvalue weighted by Gasteiger charge is -2.18. The highest BCUT2D eigenvalue weighted by molar-refractivity contribution is 9.08. The molecule has 16 heavy (non-hydrogen) atoms. The molecule has 0 atom stereocenters. The molecule has 0 radical (unpaired) electrons. The average molecular weight is 299 g/mol. The highest BCUT2D eigenvalue weighted by Crippen LogP contribution is 2.35. The van der Waals surface area contributed by atoms with Crippen molar-refractivity contribution < 1.29 is 13.2 Å². The molecule has 1 aromatic heterocycles. The van der Waals surface area contributed by atoms with Gasteiger partial charge in [0.05, 0.1) is 12.2 Å². The Morgan fingerprint density at radius 3 is 2.31 bits per heavy atom. The van der Waals surface area contributed by atoms with Gasteiger partial charge < -0.3 is 0 Å². The van der Waals surface area contributed by atoms with E-state index in [1.165, 1.54) is 6.20 Å². The van der Waals surface area contributed by atoms with Crippen LogP contribution in [0.1, 0.15) is 44.0 Å². The second-order valence-corrected chi connectivity index (χ2v) is 4.13. The van der Waals surface area contributed by atoms with Gasteiger partial charge in [-0.05, 0) is 12.8 Å². The highest BCUT2D eigenvalue weighted by atomic mass is 79.9. The Hall–Kier alpha value is -0.520. The molecule has 1 aromatic rings. The van der Waals surface area contributed by atoms with Crippen molar-refractivity contribution in [3.8, 4) is 0 Å². The molecule has 0 spiro atoms. The van der Waals surface area contributed by atoms with E-state index in [4.69, 9.17) is 0 Å². The average Bonchev–Trinajstić information content (AvgIpc) is 2.63. The zero-order valence-electron chi connectivity index (χ0n) is 9.18.